The number of thioether (sulfide) groups is 1. The van der Waals surface area contributed by atoms with Crippen LogP contribution in [-0.2, 0) is 6.42 Å². The Morgan fingerprint density at radius 1 is 1.41 bits per heavy atom. The maximum absolute atomic E-state index is 3.51. The summed E-state index contributed by atoms with van der Waals surface area (Å²) in [7, 11) is 0. The Bertz CT molecular complexity index is 369. The van der Waals surface area contributed by atoms with Crippen LogP contribution in [0.3, 0.4) is 0 Å². The molecule has 1 N–H and O–H groups in total. The molecule has 2 aliphatic rings. The van der Waals surface area contributed by atoms with Crippen molar-refractivity contribution in [3.8, 4) is 0 Å². The molecule has 3 heteroatoms. The molecule has 92 valence electrons. The number of fused-ring (bicyclic) bond motifs is 1. The lowest BCUT2D eigenvalue weighted by atomic mass is 10.1. The first kappa shape index (κ1) is 11.6. The molecular formula is C14H20N2S. The molecule has 1 aromatic rings. The lowest BCUT2D eigenvalue weighted by molar-refractivity contribution is 0.208. The highest BCUT2D eigenvalue weighted by molar-refractivity contribution is 8.00. The number of rotatable bonds is 2. The van der Waals surface area contributed by atoms with Gasteiger partial charge in [-0.2, -0.15) is 0 Å². The molecular weight excluding hydrogens is 228 g/mol. The van der Waals surface area contributed by atoms with E-state index in [4.69, 9.17) is 0 Å². The average molecular weight is 248 g/mol. The van der Waals surface area contributed by atoms with Gasteiger partial charge in [0, 0.05) is 42.4 Å². The second kappa shape index (κ2) is 5.01. The van der Waals surface area contributed by atoms with Crippen LogP contribution in [-0.4, -0.2) is 42.4 Å². The molecule has 0 bridgehead atoms. The maximum Gasteiger partial charge on any atom is 0.0263 e. The van der Waals surface area contributed by atoms with Crippen molar-refractivity contribution in [2.45, 2.75) is 29.5 Å². The summed E-state index contributed by atoms with van der Waals surface area (Å²) >= 11 is 2.07. The van der Waals surface area contributed by atoms with Crippen molar-refractivity contribution in [2.24, 2.45) is 0 Å². The van der Waals surface area contributed by atoms with Crippen molar-refractivity contribution in [1.29, 1.82) is 0 Å². The van der Waals surface area contributed by atoms with Crippen LogP contribution in [0.2, 0.25) is 0 Å². The van der Waals surface area contributed by atoms with Crippen LogP contribution in [0, 0.1) is 0 Å². The van der Waals surface area contributed by atoms with E-state index in [2.05, 4.69) is 53.2 Å². The first-order chi connectivity index (χ1) is 8.31. The first-order valence-corrected chi connectivity index (χ1v) is 7.39. The van der Waals surface area contributed by atoms with Crippen molar-refractivity contribution in [3.05, 3.63) is 29.8 Å². The Morgan fingerprint density at radius 3 is 3.12 bits per heavy atom. The van der Waals surface area contributed by atoms with Gasteiger partial charge in [0.15, 0.2) is 0 Å². The molecule has 0 radical (unpaired) electrons. The summed E-state index contributed by atoms with van der Waals surface area (Å²) in [5.41, 5.74) is 1.55. The number of nitrogens with one attached hydrogen (secondary N) is 1. The van der Waals surface area contributed by atoms with E-state index in [0.717, 1.165) is 11.8 Å². The summed E-state index contributed by atoms with van der Waals surface area (Å²) in [6.45, 7) is 7.07. The van der Waals surface area contributed by atoms with Gasteiger partial charge in [-0.1, -0.05) is 18.2 Å². The molecule has 2 unspecified atom stereocenters. The van der Waals surface area contributed by atoms with Gasteiger partial charge in [0.1, 0.15) is 0 Å². The standard InChI is InChI=1S/C14H20N2S/c1-11-9-16(7-6-15-11)10-13-8-12-4-2-3-5-14(12)17-13/h2-5,11,13,15H,6-10H2,1H3. The topological polar surface area (TPSA) is 15.3 Å². The molecule has 0 aliphatic carbocycles. The van der Waals surface area contributed by atoms with Crippen LogP contribution in [0.15, 0.2) is 29.2 Å². The highest BCUT2D eigenvalue weighted by Gasteiger charge is 2.25. The highest BCUT2D eigenvalue weighted by atomic mass is 32.2. The van der Waals surface area contributed by atoms with Crippen molar-refractivity contribution in [3.63, 3.8) is 0 Å². The number of hydrogen-bond acceptors (Lipinski definition) is 3. The molecule has 0 amide bonds. The highest BCUT2D eigenvalue weighted by Crippen LogP contribution is 2.37. The van der Waals surface area contributed by atoms with E-state index in [1.165, 1.54) is 31.0 Å². The zero-order valence-electron chi connectivity index (χ0n) is 10.4. The van der Waals surface area contributed by atoms with E-state index in [0.29, 0.717) is 6.04 Å². The van der Waals surface area contributed by atoms with Crippen LogP contribution >= 0.6 is 11.8 Å². The minimum Gasteiger partial charge on any atom is -0.312 e. The predicted octanol–water partition coefficient (Wildman–Crippen LogP) is 2.00. The fourth-order valence-electron chi connectivity index (χ4n) is 2.82. The van der Waals surface area contributed by atoms with Gasteiger partial charge in [0.2, 0.25) is 0 Å². The fourth-order valence-corrected chi connectivity index (χ4v) is 4.19. The summed E-state index contributed by atoms with van der Waals surface area (Å²) in [4.78, 5) is 4.12. The molecule has 1 saturated heterocycles. The van der Waals surface area contributed by atoms with E-state index in [1.807, 2.05) is 0 Å². The Kier molecular flexibility index (Phi) is 3.41. The molecule has 2 aliphatic heterocycles. The Labute approximate surface area is 108 Å². The normalized spacial score (nSPS) is 29.2. The van der Waals surface area contributed by atoms with E-state index >= 15 is 0 Å². The predicted molar refractivity (Wildman–Crippen MR) is 73.7 cm³/mol. The van der Waals surface area contributed by atoms with Gasteiger partial charge < -0.3 is 5.32 Å². The smallest absolute Gasteiger partial charge is 0.0263 e. The number of benzene rings is 1. The van der Waals surface area contributed by atoms with Gasteiger partial charge in [-0.15, -0.1) is 11.8 Å². The Hall–Kier alpha value is -0.510. The van der Waals surface area contributed by atoms with Crippen LogP contribution in [0.1, 0.15) is 12.5 Å². The summed E-state index contributed by atoms with van der Waals surface area (Å²) in [5.74, 6) is 0. The molecule has 2 atom stereocenters. The molecule has 1 aromatic carbocycles. The third-order valence-electron chi connectivity index (χ3n) is 3.63. The fraction of sp³-hybridized carbons (Fsp3) is 0.571. The maximum atomic E-state index is 3.51. The van der Waals surface area contributed by atoms with Crippen LogP contribution < -0.4 is 5.32 Å². The van der Waals surface area contributed by atoms with Crippen molar-refractivity contribution < 1.29 is 0 Å². The SMILES string of the molecule is CC1CN(CC2Cc3ccccc3S2)CCN1. The monoisotopic (exact) mass is 248 g/mol. The third-order valence-corrected chi connectivity index (χ3v) is 4.93. The lowest BCUT2D eigenvalue weighted by Gasteiger charge is -2.33. The van der Waals surface area contributed by atoms with E-state index in [1.54, 1.807) is 5.56 Å². The summed E-state index contributed by atoms with van der Waals surface area (Å²) in [6.07, 6.45) is 1.25. The second-order valence-corrected chi connectivity index (χ2v) is 6.51. The van der Waals surface area contributed by atoms with E-state index < -0.39 is 0 Å². The zero-order chi connectivity index (χ0) is 11.7. The lowest BCUT2D eigenvalue weighted by Crippen LogP contribution is -2.50. The van der Waals surface area contributed by atoms with Gasteiger partial charge in [-0.3, -0.25) is 4.90 Å². The number of piperazine rings is 1. The van der Waals surface area contributed by atoms with Crippen molar-refractivity contribution >= 4 is 11.8 Å². The second-order valence-electron chi connectivity index (χ2n) is 5.17. The quantitative estimate of drug-likeness (QED) is 0.862. The summed E-state index contributed by atoms with van der Waals surface area (Å²) in [5, 5.41) is 4.27. The average Bonchev–Trinajstić information content (AvgIpc) is 2.71. The summed E-state index contributed by atoms with van der Waals surface area (Å²) in [6, 6.07) is 9.51. The molecule has 0 saturated carbocycles. The van der Waals surface area contributed by atoms with Gasteiger partial charge in [0.05, 0.1) is 0 Å². The van der Waals surface area contributed by atoms with Crippen molar-refractivity contribution in [1.82, 2.24) is 10.2 Å². The minimum atomic E-state index is 0.650. The molecule has 3 rings (SSSR count). The van der Waals surface area contributed by atoms with Gasteiger partial charge >= 0.3 is 0 Å². The van der Waals surface area contributed by atoms with E-state index in [9.17, 15) is 0 Å². The molecule has 1 fully saturated rings. The minimum absolute atomic E-state index is 0.650. The van der Waals surface area contributed by atoms with Crippen LogP contribution in [0.25, 0.3) is 0 Å². The Morgan fingerprint density at radius 2 is 2.29 bits per heavy atom. The van der Waals surface area contributed by atoms with Gasteiger partial charge in [-0.05, 0) is 25.0 Å². The van der Waals surface area contributed by atoms with Gasteiger partial charge in [0.25, 0.3) is 0 Å². The molecule has 17 heavy (non-hydrogen) atoms. The third kappa shape index (κ3) is 2.67. The number of nitrogens with zero attached hydrogens (tertiary/aromatic N) is 1. The van der Waals surface area contributed by atoms with Crippen molar-refractivity contribution in [2.75, 3.05) is 26.2 Å². The van der Waals surface area contributed by atoms with Crippen LogP contribution in [0.4, 0.5) is 0 Å². The van der Waals surface area contributed by atoms with E-state index in [-0.39, 0.29) is 0 Å². The summed E-state index contributed by atoms with van der Waals surface area (Å²) < 4.78 is 0. The van der Waals surface area contributed by atoms with Gasteiger partial charge in [-0.25, -0.2) is 0 Å². The van der Waals surface area contributed by atoms with Crippen LogP contribution in [0.5, 0.6) is 0 Å². The Balaban J connectivity index is 1.58. The molecule has 0 aromatic heterocycles. The first-order valence-electron chi connectivity index (χ1n) is 6.51. The zero-order valence-corrected chi connectivity index (χ0v) is 11.2. The largest absolute Gasteiger partial charge is 0.312 e. The molecule has 0 spiro atoms. The molecule has 2 nitrogen and oxygen atoms in total. The molecule has 2 heterocycles. The number of hydrogen-bond donors (Lipinski definition) is 1.